The smallest absolute Gasteiger partial charge is 0.274 e. The number of amides is 8. The van der Waals surface area contributed by atoms with Crippen molar-refractivity contribution in [3.05, 3.63) is 138 Å². The summed E-state index contributed by atoms with van der Waals surface area (Å²) in [4.78, 5) is 112. The van der Waals surface area contributed by atoms with Crippen LogP contribution in [0.1, 0.15) is 328 Å². The van der Waals surface area contributed by atoms with E-state index in [1.807, 2.05) is 182 Å². The molecule has 0 aliphatic rings. The number of unbranched alkanes of at least 4 members (excludes halogenated alkanes) is 4. The molecule has 0 bridgehead atoms. The van der Waals surface area contributed by atoms with Gasteiger partial charge in [-0.25, -0.2) is 0 Å². The fourth-order valence-corrected chi connectivity index (χ4v) is 13.9. The van der Waals surface area contributed by atoms with Crippen LogP contribution < -0.4 is 42.5 Å². The number of carbonyl (C=O) groups excluding carboxylic acids is 8. The second-order valence-electron chi connectivity index (χ2n) is 38.0. The summed E-state index contributed by atoms with van der Waals surface area (Å²) in [6.45, 7) is 54.5. The average molecular weight is 2030 g/mol. The monoisotopic (exact) mass is 2030 g/mol. The number of carbonyl (C=O) groups is 8. The van der Waals surface area contributed by atoms with Crippen molar-refractivity contribution in [3.8, 4) is 0 Å². The zero-order valence-electron chi connectivity index (χ0n) is 94.4. The minimum absolute atomic E-state index is 0.0497. The van der Waals surface area contributed by atoms with Gasteiger partial charge < -0.3 is 118 Å². The summed E-state index contributed by atoms with van der Waals surface area (Å²) in [7, 11) is 28.4. The van der Waals surface area contributed by atoms with Gasteiger partial charge in [0.05, 0.1) is 0 Å². The van der Waals surface area contributed by atoms with E-state index in [1.54, 1.807) is 24.3 Å². The molecule has 40 heteroatoms. The van der Waals surface area contributed by atoms with E-state index in [0.29, 0.717) is 109 Å². The molecule has 0 aliphatic carbocycles. The van der Waals surface area contributed by atoms with Crippen molar-refractivity contribution in [2.24, 2.45) is 11.8 Å². The van der Waals surface area contributed by atoms with Crippen molar-refractivity contribution in [2.75, 3.05) is 177 Å². The van der Waals surface area contributed by atoms with Gasteiger partial charge in [-0.2, -0.15) is 0 Å². The lowest BCUT2D eigenvalue weighted by Gasteiger charge is -2.27. The molecule has 8 aromatic heterocycles. The second kappa shape index (κ2) is 72.4. The minimum Gasteiger partial charge on any atom is -0.361 e. The first kappa shape index (κ1) is 131. The molecule has 0 saturated carbocycles. The molecule has 8 rings (SSSR count). The molecule has 8 amide bonds. The predicted molar refractivity (Wildman–Crippen MR) is 565 cm³/mol. The summed E-state index contributed by atoms with van der Waals surface area (Å²) in [6.07, 6.45) is 14.2. The standard InChI is InChI=1S/2C14H25N3O2.4C13H23N3O2.2C12H21N3O2/c1-7-12-10(4)13(16-19-12)14(18)15-8-11(9(2)3)17(5)6;1-5-12-11(3)13(16-19-12)14(18)15-9-7-8-10-17(4)6-2;1-7-11-8(2)12(15-18-11)13(17)14-9(3)10(4)16(5)6;1-6-10-7-11(15-18-10)13(17)14-8-12(9(2)3)16(4)5;1-5-11-10(2)12(15-18-11)13(17)14-8-6-7-9-16(3)4;1-4-11-10-12(15-18-11)13(17)14-8-6-7-9-16(3)5-2;1-6-10-7-11(14-17-10)12(16)13-8(2)9(3)15(4)5;1-4-10-9-11(14-17-10)12(16)13-7-5-6-8-15(2)3/h9,11H,7-8H2,1-6H3,(H,15,18);5-10H2,1-4H3,(H,15,18);9-10H,7H2,1-6H3,(H,14,17);7,9,12H,6,8H2,1-5H3,(H,14,17);5-9H2,1-4H3,(H,14,17);10H,4-9H2,1-3H3,(H,14,17);7-9H,6H2,1-5H3,(H,13,16);9H,4-8H2,1-3H3,(H,13,16). The van der Waals surface area contributed by atoms with Gasteiger partial charge in [0.2, 0.25) is 0 Å². The van der Waals surface area contributed by atoms with Crippen LogP contribution in [0.5, 0.6) is 0 Å². The van der Waals surface area contributed by atoms with Crippen LogP contribution in [0.2, 0.25) is 0 Å². The van der Waals surface area contributed by atoms with Gasteiger partial charge in [0.25, 0.3) is 47.3 Å². The van der Waals surface area contributed by atoms with Gasteiger partial charge >= 0.3 is 0 Å². The van der Waals surface area contributed by atoms with Crippen LogP contribution in [0.15, 0.2) is 60.5 Å². The van der Waals surface area contributed by atoms with Crippen LogP contribution in [-0.4, -0.2) is 341 Å². The topological polar surface area (TPSA) is 467 Å². The average Bonchev–Trinajstić information content (AvgIpc) is 1.72. The lowest BCUT2D eigenvalue weighted by molar-refractivity contribution is 0.0901. The van der Waals surface area contributed by atoms with Crippen LogP contribution in [0, 0.1) is 39.5 Å². The van der Waals surface area contributed by atoms with Gasteiger partial charge in [-0.05, 0) is 257 Å². The Morgan fingerprint density at radius 2 is 0.514 bits per heavy atom. The van der Waals surface area contributed by atoms with Gasteiger partial charge in [-0.1, -0.05) is 138 Å². The number of hydrogen-bond donors (Lipinski definition) is 8. The lowest BCUT2D eigenvalue weighted by atomic mass is 10.0. The Hall–Kier alpha value is -10.9. The predicted octanol–water partition coefficient (Wildman–Crippen LogP) is 13.0. The molecule has 0 fully saturated rings. The van der Waals surface area contributed by atoms with E-state index in [1.165, 1.54) is 0 Å². The highest BCUT2D eigenvalue weighted by atomic mass is 16.5. The van der Waals surface area contributed by atoms with E-state index in [4.69, 9.17) is 36.2 Å². The fraction of sp³-hybridized carbons (Fsp3) is 0.692. The molecule has 8 heterocycles. The van der Waals surface area contributed by atoms with Crippen molar-refractivity contribution in [3.63, 3.8) is 0 Å². The van der Waals surface area contributed by atoms with Gasteiger partial charge in [-0.15, -0.1) is 0 Å². The Morgan fingerprint density at radius 3 is 0.743 bits per heavy atom. The number of nitrogens with zero attached hydrogens (tertiary/aromatic N) is 16. The number of likely N-dealkylation sites (N-methyl/N-ethyl adjacent to an activating group) is 4. The first-order valence-corrected chi connectivity index (χ1v) is 51.4. The van der Waals surface area contributed by atoms with Crippen molar-refractivity contribution >= 4 is 47.3 Å². The molecular formula is C104H184N24O16. The number of aryl methyl sites for hydroxylation is 8. The van der Waals surface area contributed by atoms with Crippen LogP contribution in [0.25, 0.3) is 0 Å². The van der Waals surface area contributed by atoms with Gasteiger partial charge in [0, 0.05) is 173 Å². The maximum Gasteiger partial charge on any atom is 0.274 e. The summed E-state index contributed by atoms with van der Waals surface area (Å²) in [6, 6.07) is 8.00. The Bertz CT molecular complexity index is 4860. The van der Waals surface area contributed by atoms with Crippen molar-refractivity contribution < 1.29 is 74.5 Å². The number of hydrogen-bond acceptors (Lipinski definition) is 32. The quantitative estimate of drug-likeness (QED) is 0.0164. The summed E-state index contributed by atoms with van der Waals surface area (Å²) < 4.78 is 40.5. The Kier molecular flexibility index (Phi) is 65.9. The van der Waals surface area contributed by atoms with E-state index in [-0.39, 0.29) is 71.4 Å². The second-order valence-corrected chi connectivity index (χ2v) is 38.0. The van der Waals surface area contributed by atoms with Crippen molar-refractivity contribution in [1.29, 1.82) is 0 Å². The third-order valence-electron chi connectivity index (χ3n) is 24.6. The molecule has 6 unspecified atom stereocenters. The molecular weight excluding hydrogens is 1840 g/mol. The minimum atomic E-state index is -0.186. The highest BCUT2D eigenvalue weighted by Crippen LogP contribution is 2.20. The van der Waals surface area contributed by atoms with Crippen LogP contribution in [-0.2, 0) is 51.4 Å². The first-order valence-electron chi connectivity index (χ1n) is 51.4. The Balaban J connectivity index is 0.000000823. The fourth-order valence-electron chi connectivity index (χ4n) is 13.9. The highest BCUT2D eigenvalue weighted by Gasteiger charge is 2.28. The molecule has 6 atom stereocenters. The molecule has 8 N–H and O–H groups in total. The number of nitrogens with one attached hydrogen (secondary N) is 8. The van der Waals surface area contributed by atoms with Crippen molar-refractivity contribution in [1.82, 2.24) is 123 Å². The lowest BCUT2D eigenvalue weighted by Crippen LogP contribution is -2.46. The SMILES string of the molecule is CCc1cc(C(=O)NC(C)C(C)N(C)C)no1.CCc1cc(C(=O)NCC(C(C)C)N(C)C)no1.CCc1cc(C(=O)NCCCCN(C)C)no1.CCc1cc(C(=O)NCCCCN(C)CC)no1.CCc1onc(C(=O)NC(C)C(C)N(C)C)c1C.CCc1onc(C(=O)NCC(C(C)C)N(C)C)c1C.CCc1onc(C(=O)NCCCCN(C)C)c1C.CCc1onc(C(=O)NCCCCN(C)CC)c1C. The third kappa shape index (κ3) is 49.8. The third-order valence-corrected chi connectivity index (χ3v) is 24.6. The van der Waals surface area contributed by atoms with Gasteiger partial charge in [0.15, 0.2) is 45.6 Å². The molecule has 0 saturated heterocycles. The van der Waals surface area contributed by atoms with Crippen molar-refractivity contribution in [2.45, 2.75) is 291 Å². The maximum absolute atomic E-state index is 12.1. The molecule has 0 spiro atoms. The summed E-state index contributed by atoms with van der Waals surface area (Å²) in [5, 5.41) is 53.4. The summed E-state index contributed by atoms with van der Waals surface area (Å²) in [5.41, 5.74) is 6.45. The molecule has 0 aromatic carbocycles. The maximum atomic E-state index is 12.1. The van der Waals surface area contributed by atoms with Crippen LogP contribution in [0.4, 0.5) is 0 Å². The summed E-state index contributed by atoms with van der Waals surface area (Å²) >= 11 is 0. The Labute approximate surface area is 859 Å². The molecule has 144 heavy (non-hydrogen) atoms. The highest BCUT2D eigenvalue weighted by molar-refractivity contribution is 5.96. The molecule has 8 aromatic rings. The van der Waals surface area contributed by atoms with Gasteiger partial charge in [-0.3, -0.25) is 38.4 Å². The zero-order valence-corrected chi connectivity index (χ0v) is 94.4. The largest absolute Gasteiger partial charge is 0.361 e. The molecule has 816 valence electrons. The zero-order chi connectivity index (χ0) is 109. The molecule has 0 radical (unpaired) electrons. The van der Waals surface area contributed by atoms with Crippen LogP contribution >= 0.6 is 0 Å². The number of aromatic nitrogens is 8. The summed E-state index contributed by atoms with van der Waals surface area (Å²) in [5.74, 6) is 5.74. The van der Waals surface area contributed by atoms with E-state index < -0.39 is 0 Å². The molecule has 0 aliphatic heterocycles. The van der Waals surface area contributed by atoms with E-state index in [9.17, 15) is 38.4 Å². The molecule has 40 nitrogen and oxygen atoms in total. The van der Waals surface area contributed by atoms with E-state index in [2.05, 4.69) is 192 Å². The first-order chi connectivity index (χ1) is 68.1. The van der Waals surface area contributed by atoms with E-state index >= 15 is 0 Å². The van der Waals surface area contributed by atoms with Crippen LogP contribution in [0.3, 0.4) is 0 Å². The normalized spacial score (nSPS) is 12.4. The Morgan fingerprint density at radius 1 is 0.278 bits per heavy atom. The van der Waals surface area contributed by atoms with E-state index in [0.717, 1.165) is 210 Å². The number of rotatable bonds is 52. The van der Waals surface area contributed by atoms with Gasteiger partial charge in [0.1, 0.15) is 46.1 Å².